The molecular formula is C16H23ClN2OS2. The molecule has 6 heteroatoms. The third-order valence-electron chi connectivity index (χ3n) is 4.24. The minimum Gasteiger partial charge on any atom is -0.339 e. The molecule has 1 amide bonds. The standard InChI is InChI=1S/C16H22N2OS2.ClH/c1-17-14-6-8-18(9-7-14)15(19)12-2-4-13(5-3-12)16-20-10-11-21-16;/h2-5,14,16-17H,6-11H2,1H3;1H. The van der Waals surface area contributed by atoms with Gasteiger partial charge in [0.15, 0.2) is 0 Å². The largest absolute Gasteiger partial charge is 0.339 e. The summed E-state index contributed by atoms with van der Waals surface area (Å²) in [6.45, 7) is 1.72. The SMILES string of the molecule is CNC1CCN(C(=O)c2ccc(C3SCCS3)cc2)CC1.Cl. The number of carbonyl (C=O) groups is 1. The molecule has 3 rings (SSSR count). The lowest BCUT2D eigenvalue weighted by molar-refractivity contribution is 0.0707. The van der Waals surface area contributed by atoms with E-state index in [0.717, 1.165) is 31.5 Å². The highest BCUT2D eigenvalue weighted by Gasteiger charge is 2.23. The summed E-state index contributed by atoms with van der Waals surface area (Å²) in [6, 6.07) is 8.82. The van der Waals surface area contributed by atoms with Crippen LogP contribution in [0.5, 0.6) is 0 Å². The Bertz CT molecular complexity index is 483. The predicted octanol–water partition coefficient (Wildman–Crippen LogP) is 3.41. The number of piperidine rings is 1. The van der Waals surface area contributed by atoms with Crippen LogP contribution in [0.25, 0.3) is 0 Å². The molecule has 122 valence electrons. The second-order valence-electron chi connectivity index (χ2n) is 5.55. The van der Waals surface area contributed by atoms with E-state index in [2.05, 4.69) is 17.4 Å². The molecule has 1 N–H and O–H groups in total. The lowest BCUT2D eigenvalue weighted by Crippen LogP contribution is -2.43. The van der Waals surface area contributed by atoms with Crippen molar-refractivity contribution in [2.75, 3.05) is 31.6 Å². The van der Waals surface area contributed by atoms with Crippen LogP contribution < -0.4 is 5.32 Å². The van der Waals surface area contributed by atoms with Crippen LogP contribution in [0.3, 0.4) is 0 Å². The van der Waals surface area contributed by atoms with Crippen molar-refractivity contribution < 1.29 is 4.79 Å². The molecule has 0 aliphatic carbocycles. The number of amides is 1. The van der Waals surface area contributed by atoms with Crippen molar-refractivity contribution in [1.82, 2.24) is 10.2 Å². The number of hydrogen-bond acceptors (Lipinski definition) is 4. The van der Waals surface area contributed by atoms with E-state index in [0.29, 0.717) is 10.6 Å². The van der Waals surface area contributed by atoms with Gasteiger partial charge in [0.1, 0.15) is 0 Å². The fourth-order valence-electron chi connectivity index (χ4n) is 2.89. The molecule has 2 saturated heterocycles. The Balaban J connectivity index is 0.00000176. The topological polar surface area (TPSA) is 32.3 Å². The van der Waals surface area contributed by atoms with Crippen LogP contribution in [-0.2, 0) is 0 Å². The average Bonchev–Trinajstić information content (AvgIpc) is 3.09. The summed E-state index contributed by atoms with van der Waals surface area (Å²) in [5, 5.41) is 3.30. The van der Waals surface area contributed by atoms with Gasteiger partial charge in [-0.3, -0.25) is 4.79 Å². The minimum absolute atomic E-state index is 0. The van der Waals surface area contributed by atoms with Crippen LogP contribution in [0.15, 0.2) is 24.3 Å². The molecule has 2 fully saturated rings. The number of nitrogens with one attached hydrogen (secondary N) is 1. The maximum Gasteiger partial charge on any atom is 0.253 e. The smallest absolute Gasteiger partial charge is 0.253 e. The normalized spacial score (nSPS) is 20.0. The minimum atomic E-state index is 0. The number of nitrogens with zero attached hydrogens (tertiary/aromatic N) is 1. The number of halogens is 1. The quantitative estimate of drug-likeness (QED) is 0.897. The Morgan fingerprint density at radius 2 is 1.73 bits per heavy atom. The van der Waals surface area contributed by atoms with Crippen LogP contribution in [0.2, 0.25) is 0 Å². The first kappa shape index (κ1) is 18.0. The van der Waals surface area contributed by atoms with Crippen molar-refractivity contribution >= 4 is 41.8 Å². The third kappa shape index (κ3) is 4.13. The van der Waals surface area contributed by atoms with Gasteiger partial charge in [0.05, 0.1) is 4.58 Å². The number of carbonyl (C=O) groups excluding carboxylic acids is 1. The molecule has 3 nitrogen and oxygen atoms in total. The zero-order chi connectivity index (χ0) is 14.7. The van der Waals surface area contributed by atoms with Crippen LogP contribution in [-0.4, -0.2) is 48.5 Å². The molecule has 2 aliphatic rings. The van der Waals surface area contributed by atoms with Crippen molar-refractivity contribution in [2.24, 2.45) is 0 Å². The molecule has 0 radical (unpaired) electrons. The fourth-order valence-corrected chi connectivity index (χ4v) is 5.75. The molecule has 2 heterocycles. The molecule has 2 aliphatic heterocycles. The highest BCUT2D eigenvalue weighted by atomic mass is 35.5. The maximum atomic E-state index is 12.5. The van der Waals surface area contributed by atoms with Crippen molar-refractivity contribution in [2.45, 2.75) is 23.5 Å². The molecule has 1 aromatic carbocycles. The van der Waals surface area contributed by atoms with E-state index < -0.39 is 0 Å². The van der Waals surface area contributed by atoms with Gasteiger partial charge in [-0.2, -0.15) is 0 Å². The van der Waals surface area contributed by atoms with Gasteiger partial charge in [0.25, 0.3) is 5.91 Å². The number of rotatable bonds is 3. The van der Waals surface area contributed by atoms with Gasteiger partial charge in [0.2, 0.25) is 0 Å². The number of hydrogen-bond donors (Lipinski definition) is 1. The average molecular weight is 359 g/mol. The van der Waals surface area contributed by atoms with E-state index in [1.807, 2.05) is 47.6 Å². The van der Waals surface area contributed by atoms with Crippen LogP contribution in [0, 0.1) is 0 Å². The molecule has 0 aromatic heterocycles. The van der Waals surface area contributed by atoms with E-state index in [1.165, 1.54) is 17.1 Å². The first-order valence-electron chi connectivity index (χ1n) is 7.57. The van der Waals surface area contributed by atoms with Crippen molar-refractivity contribution in [1.29, 1.82) is 0 Å². The van der Waals surface area contributed by atoms with Gasteiger partial charge in [-0.1, -0.05) is 12.1 Å². The molecule has 1 aromatic rings. The van der Waals surface area contributed by atoms with E-state index in [4.69, 9.17) is 0 Å². The number of benzene rings is 1. The van der Waals surface area contributed by atoms with Gasteiger partial charge in [-0.25, -0.2) is 0 Å². The van der Waals surface area contributed by atoms with Crippen molar-refractivity contribution in [3.63, 3.8) is 0 Å². The summed E-state index contributed by atoms with van der Waals surface area (Å²) in [6.07, 6.45) is 2.10. The van der Waals surface area contributed by atoms with Crippen LogP contribution in [0.4, 0.5) is 0 Å². The predicted molar refractivity (Wildman–Crippen MR) is 99.3 cm³/mol. The summed E-state index contributed by atoms with van der Waals surface area (Å²) in [5.41, 5.74) is 2.17. The molecule has 0 saturated carbocycles. The highest BCUT2D eigenvalue weighted by Crippen LogP contribution is 2.45. The van der Waals surface area contributed by atoms with Crippen molar-refractivity contribution in [3.05, 3.63) is 35.4 Å². The molecule has 0 spiro atoms. The van der Waals surface area contributed by atoms with E-state index in [9.17, 15) is 4.79 Å². The molecule has 0 unspecified atom stereocenters. The van der Waals surface area contributed by atoms with Gasteiger partial charge >= 0.3 is 0 Å². The third-order valence-corrected chi connectivity index (χ3v) is 7.35. The van der Waals surface area contributed by atoms with Crippen LogP contribution in [0.1, 0.15) is 33.3 Å². The van der Waals surface area contributed by atoms with Gasteiger partial charge in [-0.15, -0.1) is 35.9 Å². The Labute approximate surface area is 147 Å². The van der Waals surface area contributed by atoms with Crippen molar-refractivity contribution in [3.8, 4) is 0 Å². The Kier molecular flexibility index (Phi) is 6.93. The van der Waals surface area contributed by atoms with Crippen LogP contribution >= 0.6 is 35.9 Å². The second-order valence-corrected chi connectivity index (χ2v) is 8.28. The lowest BCUT2D eigenvalue weighted by Gasteiger charge is -2.31. The summed E-state index contributed by atoms with van der Waals surface area (Å²) in [5.74, 6) is 2.65. The first-order valence-corrected chi connectivity index (χ1v) is 9.67. The Morgan fingerprint density at radius 1 is 1.14 bits per heavy atom. The summed E-state index contributed by atoms with van der Waals surface area (Å²) >= 11 is 4.00. The molecular weight excluding hydrogens is 336 g/mol. The van der Waals surface area contributed by atoms with Gasteiger partial charge in [-0.05, 0) is 37.6 Å². The van der Waals surface area contributed by atoms with E-state index >= 15 is 0 Å². The Hall–Kier alpha value is -0.360. The molecule has 0 atom stereocenters. The summed E-state index contributed by atoms with van der Waals surface area (Å²) < 4.78 is 0.556. The maximum absolute atomic E-state index is 12.5. The number of thioether (sulfide) groups is 2. The summed E-state index contributed by atoms with van der Waals surface area (Å²) in [4.78, 5) is 14.5. The monoisotopic (exact) mass is 358 g/mol. The number of likely N-dealkylation sites (tertiary alicyclic amines) is 1. The Morgan fingerprint density at radius 3 is 2.27 bits per heavy atom. The molecule has 0 bridgehead atoms. The van der Waals surface area contributed by atoms with E-state index in [-0.39, 0.29) is 18.3 Å². The second kappa shape index (κ2) is 8.48. The van der Waals surface area contributed by atoms with Gasteiger partial charge < -0.3 is 10.2 Å². The fraction of sp³-hybridized carbons (Fsp3) is 0.562. The summed E-state index contributed by atoms with van der Waals surface area (Å²) in [7, 11) is 2.00. The van der Waals surface area contributed by atoms with E-state index in [1.54, 1.807) is 0 Å². The van der Waals surface area contributed by atoms with Gasteiger partial charge in [0, 0.05) is 36.2 Å². The zero-order valence-electron chi connectivity index (χ0n) is 12.8. The lowest BCUT2D eigenvalue weighted by atomic mass is 10.0. The highest BCUT2D eigenvalue weighted by molar-refractivity contribution is 8.19. The molecule has 22 heavy (non-hydrogen) atoms. The zero-order valence-corrected chi connectivity index (χ0v) is 15.2. The first-order chi connectivity index (χ1) is 10.3.